The molecule has 2 amide bonds. The molecule has 0 saturated heterocycles. The summed E-state index contributed by atoms with van der Waals surface area (Å²) >= 11 is 1.42. The summed E-state index contributed by atoms with van der Waals surface area (Å²) in [6.07, 6.45) is 0. The van der Waals surface area contributed by atoms with E-state index < -0.39 is 0 Å². The maximum atomic E-state index is 12.2. The summed E-state index contributed by atoms with van der Waals surface area (Å²) < 4.78 is 0. The number of nitrogens with one attached hydrogen (secondary N) is 1. The van der Waals surface area contributed by atoms with Crippen LogP contribution in [0.2, 0.25) is 0 Å². The van der Waals surface area contributed by atoms with Gasteiger partial charge in [-0.2, -0.15) is 0 Å². The van der Waals surface area contributed by atoms with Crippen molar-refractivity contribution in [2.45, 2.75) is 33.7 Å². The Hall–Kier alpha value is -1.36. The third-order valence-corrected chi connectivity index (χ3v) is 3.51. The number of aryl methyl sites for hydroxylation is 1. The number of carbonyl (C=O) groups is 2. The van der Waals surface area contributed by atoms with Crippen LogP contribution in [0.3, 0.4) is 0 Å². The van der Waals surface area contributed by atoms with Gasteiger partial charge in [-0.25, -0.2) is 0 Å². The van der Waals surface area contributed by atoms with E-state index in [1.54, 1.807) is 4.90 Å². The number of thiophene rings is 1. The molecule has 4 nitrogen and oxygen atoms in total. The first-order valence-corrected chi connectivity index (χ1v) is 6.96. The molecule has 1 N–H and O–H groups in total. The first-order valence-electron chi connectivity index (χ1n) is 6.08. The summed E-state index contributed by atoms with van der Waals surface area (Å²) in [6, 6.07) is 2.01. The first-order chi connectivity index (χ1) is 8.45. The summed E-state index contributed by atoms with van der Waals surface area (Å²) in [7, 11) is 0. The lowest BCUT2D eigenvalue weighted by atomic mass is 10.2. The van der Waals surface area contributed by atoms with E-state index in [1.165, 1.54) is 11.3 Å². The Bertz CT molecular complexity index is 426. The van der Waals surface area contributed by atoms with Crippen LogP contribution in [0, 0.1) is 6.92 Å². The molecule has 0 aliphatic carbocycles. The standard InChI is InChI=1S/C13H20N2O2S/c1-5-15(8-11(16)14-9(2)3)13(17)12-10(4)6-7-18-12/h6-7,9H,5,8H2,1-4H3,(H,14,16). The molecule has 18 heavy (non-hydrogen) atoms. The van der Waals surface area contributed by atoms with Crippen molar-refractivity contribution in [2.24, 2.45) is 0 Å². The molecule has 0 radical (unpaired) electrons. The van der Waals surface area contributed by atoms with Crippen LogP contribution in [0.15, 0.2) is 11.4 Å². The Balaban J connectivity index is 2.70. The SMILES string of the molecule is CCN(CC(=O)NC(C)C)C(=O)c1sccc1C. The predicted octanol–water partition coefficient (Wildman–Crippen LogP) is 2.04. The van der Waals surface area contributed by atoms with Gasteiger partial charge in [0.25, 0.3) is 5.91 Å². The summed E-state index contributed by atoms with van der Waals surface area (Å²) in [5.74, 6) is -0.182. The number of hydrogen-bond donors (Lipinski definition) is 1. The molecule has 0 spiro atoms. The van der Waals surface area contributed by atoms with Gasteiger partial charge in [0.2, 0.25) is 5.91 Å². The number of amides is 2. The largest absolute Gasteiger partial charge is 0.352 e. The molecule has 1 aromatic rings. The smallest absolute Gasteiger partial charge is 0.264 e. The lowest BCUT2D eigenvalue weighted by molar-refractivity contribution is -0.122. The zero-order chi connectivity index (χ0) is 13.7. The summed E-state index contributed by atoms with van der Waals surface area (Å²) in [5, 5.41) is 4.69. The molecule has 1 heterocycles. The third-order valence-electron chi connectivity index (χ3n) is 2.51. The van der Waals surface area contributed by atoms with Crippen LogP contribution in [-0.4, -0.2) is 35.8 Å². The van der Waals surface area contributed by atoms with Gasteiger partial charge in [0.05, 0.1) is 11.4 Å². The van der Waals surface area contributed by atoms with Crippen molar-refractivity contribution < 1.29 is 9.59 Å². The van der Waals surface area contributed by atoms with Crippen LogP contribution < -0.4 is 5.32 Å². The molecule has 1 aromatic heterocycles. The van der Waals surface area contributed by atoms with Gasteiger partial charge in [-0.3, -0.25) is 9.59 Å². The topological polar surface area (TPSA) is 49.4 Å². The van der Waals surface area contributed by atoms with Crippen molar-refractivity contribution in [3.8, 4) is 0 Å². The predicted molar refractivity (Wildman–Crippen MR) is 73.9 cm³/mol. The summed E-state index contributed by atoms with van der Waals surface area (Å²) in [4.78, 5) is 26.2. The van der Waals surface area contributed by atoms with E-state index in [0.717, 1.165) is 5.56 Å². The van der Waals surface area contributed by atoms with Crippen molar-refractivity contribution in [1.29, 1.82) is 0 Å². The average molecular weight is 268 g/mol. The molecule has 1 rings (SSSR count). The Morgan fingerprint density at radius 2 is 2.11 bits per heavy atom. The van der Waals surface area contributed by atoms with E-state index in [9.17, 15) is 9.59 Å². The van der Waals surface area contributed by atoms with Crippen molar-refractivity contribution in [3.05, 3.63) is 21.9 Å². The average Bonchev–Trinajstić information content (AvgIpc) is 2.70. The highest BCUT2D eigenvalue weighted by Gasteiger charge is 2.19. The molecule has 0 aromatic carbocycles. The van der Waals surface area contributed by atoms with Crippen LogP contribution in [0.1, 0.15) is 36.0 Å². The minimum atomic E-state index is -0.116. The Morgan fingerprint density at radius 3 is 2.56 bits per heavy atom. The van der Waals surface area contributed by atoms with Crippen molar-refractivity contribution in [1.82, 2.24) is 10.2 Å². The number of nitrogens with zero attached hydrogens (tertiary/aromatic N) is 1. The summed E-state index contributed by atoms with van der Waals surface area (Å²) in [6.45, 7) is 8.24. The third kappa shape index (κ3) is 3.84. The maximum Gasteiger partial charge on any atom is 0.264 e. The quantitative estimate of drug-likeness (QED) is 0.888. The molecular formula is C13H20N2O2S. The minimum absolute atomic E-state index is 0.0658. The fraction of sp³-hybridized carbons (Fsp3) is 0.538. The van der Waals surface area contributed by atoms with E-state index in [4.69, 9.17) is 0 Å². The molecule has 100 valence electrons. The minimum Gasteiger partial charge on any atom is -0.352 e. The van der Waals surface area contributed by atoms with Gasteiger partial charge in [0.15, 0.2) is 0 Å². The Kier molecular flexibility index (Phi) is 5.34. The van der Waals surface area contributed by atoms with Crippen LogP contribution in [0.5, 0.6) is 0 Å². The van der Waals surface area contributed by atoms with Crippen LogP contribution in [-0.2, 0) is 4.79 Å². The zero-order valence-electron chi connectivity index (χ0n) is 11.3. The summed E-state index contributed by atoms with van der Waals surface area (Å²) in [5.41, 5.74) is 0.965. The van der Waals surface area contributed by atoms with Gasteiger partial charge < -0.3 is 10.2 Å². The van der Waals surface area contributed by atoms with Crippen molar-refractivity contribution >= 4 is 23.2 Å². The van der Waals surface area contributed by atoms with Gasteiger partial charge in [-0.1, -0.05) is 0 Å². The van der Waals surface area contributed by atoms with Crippen LogP contribution in [0.4, 0.5) is 0 Å². The van der Waals surface area contributed by atoms with Gasteiger partial charge in [0.1, 0.15) is 0 Å². The van der Waals surface area contributed by atoms with E-state index in [1.807, 2.05) is 39.1 Å². The molecular weight excluding hydrogens is 248 g/mol. The first kappa shape index (κ1) is 14.7. The number of hydrogen-bond acceptors (Lipinski definition) is 3. The maximum absolute atomic E-state index is 12.2. The molecule has 0 saturated carbocycles. The second-order valence-electron chi connectivity index (χ2n) is 4.47. The highest BCUT2D eigenvalue weighted by atomic mass is 32.1. The van der Waals surface area contributed by atoms with E-state index >= 15 is 0 Å². The van der Waals surface area contributed by atoms with Gasteiger partial charge in [0, 0.05) is 12.6 Å². The molecule has 0 unspecified atom stereocenters. The molecule has 5 heteroatoms. The number of likely N-dealkylation sites (N-methyl/N-ethyl adjacent to an activating group) is 1. The van der Waals surface area contributed by atoms with E-state index in [-0.39, 0.29) is 24.4 Å². The molecule has 0 atom stereocenters. The zero-order valence-corrected chi connectivity index (χ0v) is 12.1. The lowest BCUT2D eigenvalue weighted by Crippen LogP contribution is -2.42. The number of rotatable bonds is 5. The van der Waals surface area contributed by atoms with Crippen molar-refractivity contribution in [3.63, 3.8) is 0 Å². The van der Waals surface area contributed by atoms with E-state index in [0.29, 0.717) is 11.4 Å². The number of carbonyl (C=O) groups excluding carboxylic acids is 2. The monoisotopic (exact) mass is 268 g/mol. The Morgan fingerprint density at radius 1 is 1.44 bits per heavy atom. The van der Waals surface area contributed by atoms with Gasteiger partial charge in [-0.15, -0.1) is 11.3 Å². The normalized spacial score (nSPS) is 10.5. The molecule has 0 aliphatic rings. The van der Waals surface area contributed by atoms with Crippen LogP contribution >= 0.6 is 11.3 Å². The highest BCUT2D eigenvalue weighted by Crippen LogP contribution is 2.17. The second-order valence-corrected chi connectivity index (χ2v) is 5.39. The fourth-order valence-electron chi connectivity index (χ4n) is 1.60. The molecule has 0 fully saturated rings. The second kappa shape index (κ2) is 6.54. The van der Waals surface area contributed by atoms with Gasteiger partial charge in [-0.05, 0) is 44.7 Å². The Labute approximate surface area is 112 Å². The lowest BCUT2D eigenvalue weighted by Gasteiger charge is -2.20. The molecule has 0 aliphatic heterocycles. The van der Waals surface area contributed by atoms with Gasteiger partial charge >= 0.3 is 0 Å². The van der Waals surface area contributed by atoms with Crippen LogP contribution in [0.25, 0.3) is 0 Å². The van der Waals surface area contributed by atoms with E-state index in [2.05, 4.69) is 5.32 Å². The fourth-order valence-corrected chi connectivity index (χ4v) is 2.50. The van der Waals surface area contributed by atoms with Crippen molar-refractivity contribution in [2.75, 3.05) is 13.1 Å². The molecule has 0 bridgehead atoms. The highest BCUT2D eigenvalue weighted by molar-refractivity contribution is 7.12.